The van der Waals surface area contributed by atoms with Crippen molar-refractivity contribution in [3.05, 3.63) is 102 Å². The Morgan fingerprint density at radius 2 is 0.906 bits per heavy atom. The zero-order chi connectivity index (χ0) is 45.9. The van der Waals surface area contributed by atoms with Crippen LogP contribution < -0.4 is 26.6 Å². The molecule has 3 aliphatic rings. The summed E-state index contributed by atoms with van der Waals surface area (Å²) in [6.07, 6.45) is 2.85. The van der Waals surface area contributed by atoms with Crippen LogP contribution in [0.2, 0.25) is 0 Å². The lowest BCUT2D eigenvalue weighted by atomic mass is 9.96. The van der Waals surface area contributed by atoms with E-state index in [-0.39, 0.29) is 44.0 Å². The molecule has 0 aromatic heterocycles. The molecule has 3 aliphatic heterocycles. The molecule has 3 aromatic rings. The summed E-state index contributed by atoms with van der Waals surface area (Å²) < 4.78 is 0. The first-order valence-electron chi connectivity index (χ1n) is 22.8. The van der Waals surface area contributed by atoms with Crippen LogP contribution in [-0.4, -0.2) is 112 Å². The number of phenols is 1. The van der Waals surface area contributed by atoms with Crippen molar-refractivity contribution in [2.75, 3.05) is 13.1 Å². The van der Waals surface area contributed by atoms with Crippen LogP contribution in [0.5, 0.6) is 5.75 Å². The number of carbonyl (C=O) groups excluding carboxylic acids is 7. The molecule has 0 spiro atoms. The number of amides is 7. The Bertz CT molecular complexity index is 2120. The lowest BCUT2D eigenvalue weighted by Gasteiger charge is -2.34. The van der Waals surface area contributed by atoms with E-state index in [1.165, 1.54) is 21.9 Å². The summed E-state index contributed by atoms with van der Waals surface area (Å²) in [4.78, 5) is 105. The van der Waals surface area contributed by atoms with Gasteiger partial charge < -0.3 is 41.5 Å². The van der Waals surface area contributed by atoms with E-state index >= 15 is 0 Å². The number of fused-ring (bicyclic) bond motifs is 2. The van der Waals surface area contributed by atoms with Gasteiger partial charge in [-0.05, 0) is 66.3 Å². The van der Waals surface area contributed by atoms with Crippen LogP contribution in [0.4, 0.5) is 0 Å². The van der Waals surface area contributed by atoms with Gasteiger partial charge in [0, 0.05) is 32.4 Å². The molecule has 3 fully saturated rings. The molecule has 6 N–H and O–H groups in total. The van der Waals surface area contributed by atoms with Gasteiger partial charge >= 0.3 is 0 Å². The standard InChI is InChI=1S/C49H63N7O8/c1-5-30(3)41-47(62)51-36(28-34-21-23-35(57)24-22-34)43(58)52-38(29-33-17-11-8-12-18-33)48(63)55-25-13-20-40(55)46(61)54-42(31(4)6-2)49(64)56-26-14-19-39(56)45(60)50-37(44(59)53-41)27-32-15-9-7-10-16-32/h7-12,15-18,21-24,30-31,36-42,57H,5-6,13-14,19-20,25-29H2,1-4H3,(H,50,60)(H,51,62)(H,52,58)(H,53,59)(H,54,61)/t30-,31-,36-,37-,38-,39-,40-,41-,42-/m0/s1. The van der Waals surface area contributed by atoms with E-state index in [1.807, 2.05) is 81.4 Å². The summed E-state index contributed by atoms with van der Waals surface area (Å²) >= 11 is 0. The SMILES string of the molecule is CC[C@H](C)[C@@H]1NC(=O)[C@H](Cc2ccccc2)NC(=O)[C@@H]2CCCN2C(=O)[C@H]([C@@H](C)CC)NC(=O)[C@@H]2CCCN2C(=O)[C@H](Cc2ccccc2)NC(=O)[C@H](Cc2ccc(O)cc2)NC1=O. The molecule has 3 heterocycles. The van der Waals surface area contributed by atoms with Crippen LogP contribution in [0.1, 0.15) is 82.9 Å². The molecular weight excluding hydrogens is 815 g/mol. The van der Waals surface area contributed by atoms with E-state index in [4.69, 9.17) is 0 Å². The van der Waals surface area contributed by atoms with Gasteiger partial charge in [-0.25, -0.2) is 0 Å². The summed E-state index contributed by atoms with van der Waals surface area (Å²) in [5.41, 5.74) is 2.11. The highest BCUT2D eigenvalue weighted by Gasteiger charge is 2.44. The Labute approximate surface area is 375 Å². The van der Waals surface area contributed by atoms with Gasteiger partial charge in [0.1, 0.15) is 48.0 Å². The summed E-state index contributed by atoms with van der Waals surface area (Å²) in [6.45, 7) is 7.95. The monoisotopic (exact) mass is 877 g/mol. The number of benzene rings is 3. The quantitative estimate of drug-likeness (QED) is 0.178. The van der Waals surface area contributed by atoms with E-state index in [1.54, 1.807) is 19.1 Å². The average Bonchev–Trinajstić information content (AvgIpc) is 4.01. The van der Waals surface area contributed by atoms with E-state index < -0.39 is 89.6 Å². The van der Waals surface area contributed by atoms with Gasteiger partial charge in [-0.2, -0.15) is 0 Å². The third-order valence-corrected chi connectivity index (χ3v) is 13.1. The second-order valence-electron chi connectivity index (χ2n) is 17.6. The number of nitrogens with zero attached hydrogens (tertiary/aromatic N) is 2. The fraction of sp³-hybridized carbons (Fsp3) is 0.490. The normalized spacial score (nSPS) is 26.3. The number of nitrogens with one attached hydrogen (secondary N) is 5. The van der Waals surface area contributed by atoms with Crippen molar-refractivity contribution in [3.8, 4) is 5.75 Å². The van der Waals surface area contributed by atoms with Crippen molar-refractivity contribution in [1.29, 1.82) is 0 Å². The second-order valence-corrected chi connectivity index (χ2v) is 17.6. The van der Waals surface area contributed by atoms with Gasteiger partial charge in [0.2, 0.25) is 41.4 Å². The third kappa shape index (κ3) is 11.7. The molecule has 15 nitrogen and oxygen atoms in total. The molecule has 6 rings (SSSR count). The summed E-state index contributed by atoms with van der Waals surface area (Å²) in [7, 11) is 0. The number of phenolic OH excluding ortho intramolecular Hbond substituents is 1. The number of hydrogen-bond acceptors (Lipinski definition) is 8. The highest BCUT2D eigenvalue weighted by Crippen LogP contribution is 2.25. The molecule has 0 radical (unpaired) electrons. The Morgan fingerprint density at radius 3 is 1.44 bits per heavy atom. The van der Waals surface area contributed by atoms with Gasteiger partial charge in [0.15, 0.2) is 0 Å². The number of carbonyl (C=O) groups is 7. The van der Waals surface area contributed by atoms with Crippen molar-refractivity contribution in [2.24, 2.45) is 11.8 Å². The van der Waals surface area contributed by atoms with Crippen LogP contribution in [0.3, 0.4) is 0 Å². The maximum absolute atomic E-state index is 14.8. The van der Waals surface area contributed by atoms with Crippen LogP contribution in [-0.2, 0) is 52.8 Å². The van der Waals surface area contributed by atoms with E-state index in [9.17, 15) is 38.7 Å². The topological polar surface area (TPSA) is 206 Å². The molecule has 3 saturated heterocycles. The smallest absolute Gasteiger partial charge is 0.246 e. The Balaban J connectivity index is 1.43. The molecule has 0 bridgehead atoms. The average molecular weight is 878 g/mol. The number of hydrogen-bond donors (Lipinski definition) is 6. The number of rotatable bonds is 10. The molecule has 3 aromatic carbocycles. The second kappa shape index (κ2) is 21.9. The lowest BCUT2D eigenvalue weighted by Crippen LogP contribution is -2.61. The number of aromatic hydroxyl groups is 1. The summed E-state index contributed by atoms with van der Waals surface area (Å²) in [6, 6.07) is 16.9. The van der Waals surface area contributed by atoms with E-state index in [0.717, 1.165) is 11.1 Å². The molecule has 0 aliphatic carbocycles. The Kier molecular flexibility index (Phi) is 16.2. The molecule has 64 heavy (non-hydrogen) atoms. The van der Waals surface area contributed by atoms with Crippen molar-refractivity contribution < 1.29 is 38.7 Å². The van der Waals surface area contributed by atoms with E-state index in [0.29, 0.717) is 44.1 Å². The molecule has 9 atom stereocenters. The zero-order valence-electron chi connectivity index (χ0n) is 37.3. The first-order chi connectivity index (χ1) is 30.8. The minimum atomic E-state index is -1.26. The predicted molar refractivity (Wildman–Crippen MR) is 240 cm³/mol. The minimum Gasteiger partial charge on any atom is -0.508 e. The minimum absolute atomic E-state index is 0.0130. The first-order valence-corrected chi connectivity index (χ1v) is 22.8. The fourth-order valence-electron chi connectivity index (χ4n) is 8.86. The molecule has 0 unspecified atom stereocenters. The van der Waals surface area contributed by atoms with Crippen LogP contribution in [0.25, 0.3) is 0 Å². The van der Waals surface area contributed by atoms with Crippen molar-refractivity contribution in [1.82, 2.24) is 36.4 Å². The highest BCUT2D eigenvalue weighted by atomic mass is 16.3. The Hall–Kier alpha value is -6.25. The predicted octanol–water partition coefficient (Wildman–Crippen LogP) is 2.93. The van der Waals surface area contributed by atoms with Crippen molar-refractivity contribution in [3.63, 3.8) is 0 Å². The maximum Gasteiger partial charge on any atom is 0.246 e. The third-order valence-electron chi connectivity index (χ3n) is 13.1. The van der Waals surface area contributed by atoms with Crippen LogP contribution in [0.15, 0.2) is 84.9 Å². The van der Waals surface area contributed by atoms with E-state index in [2.05, 4.69) is 26.6 Å². The zero-order valence-corrected chi connectivity index (χ0v) is 37.3. The van der Waals surface area contributed by atoms with Gasteiger partial charge in [-0.15, -0.1) is 0 Å². The Morgan fingerprint density at radius 1 is 0.500 bits per heavy atom. The first kappa shape index (κ1) is 47.2. The van der Waals surface area contributed by atoms with Gasteiger partial charge in [0.05, 0.1) is 0 Å². The molecule has 342 valence electrons. The van der Waals surface area contributed by atoms with Crippen molar-refractivity contribution >= 4 is 41.4 Å². The molecular formula is C49H63N7O8. The maximum atomic E-state index is 14.8. The summed E-state index contributed by atoms with van der Waals surface area (Å²) in [5.74, 6) is -4.65. The van der Waals surface area contributed by atoms with Crippen molar-refractivity contribution in [2.45, 2.75) is 128 Å². The summed E-state index contributed by atoms with van der Waals surface area (Å²) in [5, 5.41) is 24.6. The van der Waals surface area contributed by atoms with Crippen LogP contribution >= 0.6 is 0 Å². The van der Waals surface area contributed by atoms with Gasteiger partial charge in [-0.1, -0.05) is 113 Å². The van der Waals surface area contributed by atoms with Crippen LogP contribution in [0, 0.1) is 11.8 Å². The molecule has 0 saturated carbocycles. The largest absolute Gasteiger partial charge is 0.508 e. The molecule has 15 heteroatoms. The fourth-order valence-corrected chi connectivity index (χ4v) is 8.86. The lowest BCUT2D eigenvalue weighted by molar-refractivity contribution is -0.145. The highest BCUT2D eigenvalue weighted by molar-refractivity contribution is 5.99. The van der Waals surface area contributed by atoms with Gasteiger partial charge in [-0.3, -0.25) is 33.6 Å². The van der Waals surface area contributed by atoms with Gasteiger partial charge in [0.25, 0.3) is 0 Å². The molecule has 7 amide bonds.